The molecule has 0 saturated carbocycles. The number of carbonyl (C=O) groups is 1. The smallest absolute Gasteiger partial charge is 0.270 e. The Morgan fingerprint density at radius 2 is 1.90 bits per heavy atom. The van der Waals surface area contributed by atoms with Crippen LogP contribution >= 0.6 is 0 Å². The summed E-state index contributed by atoms with van der Waals surface area (Å²) in [6, 6.07) is 12.0. The second-order valence-corrected chi connectivity index (χ2v) is 10.4. The number of likely N-dealkylation sites (tertiary alicyclic amines) is 1. The van der Waals surface area contributed by atoms with Gasteiger partial charge in [0.05, 0.1) is 0 Å². The third kappa shape index (κ3) is 7.12. The largest absolute Gasteiger partial charge is 0.357 e. The minimum absolute atomic E-state index is 0.00340. The van der Waals surface area contributed by atoms with Gasteiger partial charge in [-0.15, -0.1) is 0 Å². The molecule has 2 N–H and O–H groups in total. The number of aromatic nitrogens is 3. The molecule has 1 unspecified atom stereocenters. The first-order chi connectivity index (χ1) is 18.7. The van der Waals surface area contributed by atoms with Crippen molar-refractivity contribution in [1.29, 1.82) is 0 Å². The molecule has 39 heavy (non-hydrogen) atoms. The number of hydrogen-bond acceptors (Lipinski definition) is 4. The average molecular weight is 536 g/mol. The fourth-order valence-electron chi connectivity index (χ4n) is 5.07. The van der Waals surface area contributed by atoms with Crippen LogP contribution in [0.2, 0.25) is 0 Å². The van der Waals surface area contributed by atoms with Crippen LogP contribution < -0.4 is 10.9 Å². The summed E-state index contributed by atoms with van der Waals surface area (Å²) in [6.45, 7) is 16.7. The molecule has 1 aromatic carbocycles. The predicted molar refractivity (Wildman–Crippen MR) is 156 cm³/mol. The molecule has 1 aliphatic rings. The van der Waals surface area contributed by atoms with E-state index in [4.69, 9.17) is 0 Å². The number of fused-ring (bicyclic) bond motifs is 2. The first-order valence-electron chi connectivity index (χ1n) is 14.0. The highest BCUT2D eigenvalue weighted by Crippen LogP contribution is 2.34. The van der Waals surface area contributed by atoms with Gasteiger partial charge in [0, 0.05) is 53.6 Å². The van der Waals surface area contributed by atoms with E-state index in [0.717, 1.165) is 42.5 Å². The molecule has 0 radical (unpaired) electrons. The van der Waals surface area contributed by atoms with Crippen molar-refractivity contribution in [2.24, 2.45) is 5.41 Å². The molecule has 1 amide bonds. The Balaban J connectivity index is 0.00000100. The van der Waals surface area contributed by atoms with E-state index in [1.165, 1.54) is 16.5 Å². The fourth-order valence-corrected chi connectivity index (χ4v) is 5.07. The number of amides is 1. The van der Waals surface area contributed by atoms with E-state index < -0.39 is 5.91 Å². The van der Waals surface area contributed by atoms with Crippen LogP contribution in [-0.2, 0) is 13.1 Å². The van der Waals surface area contributed by atoms with Gasteiger partial charge in [-0.3, -0.25) is 18.9 Å². The summed E-state index contributed by atoms with van der Waals surface area (Å²) >= 11 is 0. The van der Waals surface area contributed by atoms with Gasteiger partial charge in [-0.05, 0) is 62.1 Å². The highest BCUT2D eigenvalue weighted by atomic mass is 19.1. The van der Waals surface area contributed by atoms with Crippen LogP contribution in [0.15, 0.2) is 53.5 Å². The number of pyridine rings is 1. The highest BCUT2D eigenvalue weighted by Gasteiger charge is 2.30. The summed E-state index contributed by atoms with van der Waals surface area (Å²) in [5, 5.41) is 3.49. The number of H-pyrrole nitrogens is 1. The van der Waals surface area contributed by atoms with Crippen molar-refractivity contribution in [3.05, 3.63) is 81.8 Å². The summed E-state index contributed by atoms with van der Waals surface area (Å²) in [5.74, 6) is -0.912. The monoisotopic (exact) mass is 535 g/mol. The fraction of sp³-hybridized carbons (Fsp3) is 0.452. The van der Waals surface area contributed by atoms with Gasteiger partial charge in [-0.2, -0.15) is 0 Å². The number of nitrogens with zero attached hydrogens (tertiary/aromatic N) is 3. The predicted octanol–water partition coefficient (Wildman–Crippen LogP) is 6.31. The molecule has 5 rings (SSSR count). The van der Waals surface area contributed by atoms with Crippen molar-refractivity contribution < 1.29 is 9.18 Å². The number of nitrogens with one attached hydrogen (secondary N) is 2. The third-order valence-corrected chi connectivity index (χ3v) is 7.01. The maximum Gasteiger partial charge on any atom is 0.270 e. The lowest BCUT2D eigenvalue weighted by Gasteiger charge is -2.41. The van der Waals surface area contributed by atoms with Crippen LogP contribution in [-0.4, -0.2) is 37.8 Å². The Morgan fingerprint density at radius 3 is 2.62 bits per heavy atom. The van der Waals surface area contributed by atoms with E-state index in [2.05, 4.69) is 41.0 Å². The summed E-state index contributed by atoms with van der Waals surface area (Å²) in [4.78, 5) is 35.0. The number of piperidine rings is 1. The number of halogens is 1. The zero-order chi connectivity index (χ0) is 28.7. The Morgan fingerprint density at radius 1 is 1.15 bits per heavy atom. The second-order valence-electron chi connectivity index (χ2n) is 10.4. The minimum atomic E-state index is -0.526. The standard InChI is InChI=1S/C27H30FN5O2.2C2H6/c1-17-14-27(2,3)7-9-32(17)16-20-10-18-11-21(28)19(12-22(18)30-20)15-29-26(35)23-13-25(34)33-8-5-4-6-24(33)31-23;2*1-2/h4-6,8,10-13,17,30H,7,9,14-16H2,1-3H3,(H,29,35);2*1-2H3. The molecule has 1 fully saturated rings. The van der Waals surface area contributed by atoms with Gasteiger partial charge in [0.2, 0.25) is 0 Å². The van der Waals surface area contributed by atoms with Gasteiger partial charge in [0.25, 0.3) is 11.5 Å². The van der Waals surface area contributed by atoms with E-state index in [0.29, 0.717) is 22.7 Å². The summed E-state index contributed by atoms with van der Waals surface area (Å²) in [7, 11) is 0. The van der Waals surface area contributed by atoms with Crippen LogP contribution in [0.4, 0.5) is 4.39 Å². The van der Waals surface area contributed by atoms with Gasteiger partial charge in [-0.25, -0.2) is 9.37 Å². The molecule has 8 heteroatoms. The first-order valence-corrected chi connectivity index (χ1v) is 14.0. The van der Waals surface area contributed by atoms with E-state index in [1.54, 1.807) is 30.5 Å². The Bertz CT molecular complexity index is 1470. The van der Waals surface area contributed by atoms with E-state index in [1.807, 2.05) is 33.8 Å². The molecule has 1 aliphatic heterocycles. The van der Waals surface area contributed by atoms with Gasteiger partial charge in [-0.1, -0.05) is 47.6 Å². The zero-order valence-electron chi connectivity index (χ0n) is 24.3. The van der Waals surface area contributed by atoms with Crippen molar-refractivity contribution in [3.63, 3.8) is 0 Å². The molecule has 4 heterocycles. The van der Waals surface area contributed by atoms with E-state index in [9.17, 15) is 14.0 Å². The molecule has 0 bridgehead atoms. The van der Waals surface area contributed by atoms with Crippen molar-refractivity contribution in [2.45, 2.75) is 80.4 Å². The van der Waals surface area contributed by atoms with Gasteiger partial charge in [0.1, 0.15) is 17.2 Å². The van der Waals surface area contributed by atoms with Crippen molar-refractivity contribution in [2.75, 3.05) is 6.54 Å². The summed E-state index contributed by atoms with van der Waals surface area (Å²) < 4.78 is 16.2. The number of benzene rings is 1. The van der Waals surface area contributed by atoms with Crippen LogP contribution in [0.25, 0.3) is 16.6 Å². The maximum atomic E-state index is 14.8. The zero-order valence-corrected chi connectivity index (χ0v) is 24.3. The van der Waals surface area contributed by atoms with Crippen molar-refractivity contribution in [1.82, 2.24) is 24.6 Å². The molecular formula is C31H42FN5O2. The quantitative estimate of drug-likeness (QED) is 0.314. The van der Waals surface area contributed by atoms with Crippen molar-refractivity contribution >= 4 is 22.5 Å². The third-order valence-electron chi connectivity index (χ3n) is 7.01. The van der Waals surface area contributed by atoms with Crippen LogP contribution in [0, 0.1) is 11.2 Å². The van der Waals surface area contributed by atoms with Crippen LogP contribution in [0.1, 0.15) is 83.1 Å². The number of hydrogen-bond donors (Lipinski definition) is 2. The molecule has 210 valence electrons. The second kappa shape index (κ2) is 13.0. The van der Waals surface area contributed by atoms with E-state index in [-0.39, 0.29) is 23.6 Å². The first kappa shape index (κ1) is 30.0. The van der Waals surface area contributed by atoms with E-state index >= 15 is 0 Å². The molecule has 0 spiro atoms. The molecule has 7 nitrogen and oxygen atoms in total. The Labute approximate surface area is 230 Å². The van der Waals surface area contributed by atoms with Gasteiger partial charge in [0.15, 0.2) is 0 Å². The lowest BCUT2D eigenvalue weighted by molar-refractivity contribution is 0.0733. The van der Waals surface area contributed by atoms with Crippen molar-refractivity contribution in [3.8, 4) is 0 Å². The number of carbonyl (C=O) groups excluding carboxylic acids is 1. The Hall–Kier alpha value is -3.52. The molecule has 3 aromatic heterocycles. The number of aromatic amines is 1. The van der Waals surface area contributed by atoms with Crippen LogP contribution in [0.3, 0.4) is 0 Å². The van der Waals surface area contributed by atoms with Gasteiger partial charge >= 0.3 is 0 Å². The normalized spacial score (nSPS) is 16.7. The SMILES string of the molecule is CC.CC.CC1CC(C)(C)CCN1Cc1cc2cc(F)c(CNC(=O)c3cc(=O)n4ccccc4n3)cc2[nH]1. The highest BCUT2D eigenvalue weighted by molar-refractivity contribution is 5.92. The minimum Gasteiger partial charge on any atom is -0.357 e. The molecule has 1 atom stereocenters. The molecular weight excluding hydrogens is 493 g/mol. The molecule has 1 saturated heterocycles. The maximum absolute atomic E-state index is 14.8. The summed E-state index contributed by atoms with van der Waals surface area (Å²) in [6.07, 6.45) is 3.91. The molecule has 0 aliphatic carbocycles. The average Bonchev–Trinajstić information content (AvgIpc) is 3.31. The number of rotatable bonds is 5. The van der Waals surface area contributed by atoms with Gasteiger partial charge < -0.3 is 10.3 Å². The summed E-state index contributed by atoms with van der Waals surface area (Å²) in [5.41, 5.74) is 2.65. The van der Waals surface area contributed by atoms with Crippen LogP contribution in [0.5, 0.6) is 0 Å². The lowest BCUT2D eigenvalue weighted by Crippen LogP contribution is -2.43. The molecule has 4 aromatic rings. The topological polar surface area (TPSA) is 82.5 Å². The lowest BCUT2D eigenvalue weighted by atomic mass is 9.79. The Kier molecular flexibility index (Phi) is 10.0.